The zero-order valence-electron chi connectivity index (χ0n) is 10.6. The van der Waals surface area contributed by atoms with Gasteiger partial charge in [-0.05, 0) is 51.1 Å². The highest BCUT2D eigenvalue weighted by molar-refractivity contribution is 4.66. The average molecular weight is 229 g/mol. The maximum atomic E-state index is 8.87. The molecule has 3 nitrogen and oxygen atoms in total. The molecule has 3 heteroatoms. The molecule has 0 amide bonds. The molecule has 16 heavy (non-hydrogen) atoms. The van der Waals surface area contributed by atoms with Crippen LogP contribution in [0.3, 0.4) is 0 Å². The number of hydrogen-bond donors (Lipinski definition) is 2. The largest absolute Gasteiger partial charge is 0.396 e. The van der Waals surface area contributed by atoms with E-state index < -0.39 is 0 Å². The summed E-state index contributed by atoms with van der Waals surface area (Å²) in [6.45, 7) is 5.60. The van der Waals surface area contributed by atoms with Crippen LogP contribution >= 0.6 is 0 Å². The Bertz CT molecular complexity index is 158. The monoisotopic (exact) mass is 229 g/mol. The molecule has 1 aliphatic heterocycles. The van der Waals surface area contributed by atoms with Crippen LogP contribution in [0.4, 0.5) is 0 Å². The lowest BCUT2D eigenvalue weighted by molar-refractivity contribution is 0.102. The van der Waals surface area contributed by atoms with Crippen molar-refractivity contribution >= 4 is 0 Å². The topological polar surface area (TPSA) is 41.5 Å². The number of aliphatic hydroxyl groups is 1. The number of nitrogens with one attached hydrogen (secondary N) is 1. The first kappa shape index (κ1) is 13.9. The van der Waals surface area contributed by atoms with Gasteiger partial charge in [0.1, 0.15) is 0 Å². The van der Waals surface area contributed by atoms with Crippen molar-refractivity contribution in [2.24, 2.45) is 5.92 Å². The van der Waals surface area contributed by atoms with Gasteiger partial charge in [-0.2, -0.15) is 0 Å². The van der Waals surface area contributed by atoms with E-state index in [0.29, 0.717) is 18.6 Å². The van der Waals surface area contributed by atoms with Crippen LogP contribution in [0, 0.1) is 5.92 Å². The first-order valence-electron chi connectivity index (χ1n) is 6.80. The molecule has 0 radical (unpaired) electrons. The second-order valence-corrected chi connectivity index (χ2v) is 4.77. The van der Waals surface area contributed by atoms with Gasteiger partial charge in [-0.3, -0.25) is 0 Å². The minimum absolute atomic E-state index is 0.316. The zero-order valence-corrected chi connectivity index (χ0v) is 10.6. The first-order chi connectivity index (χ1) is 7.86. The van der Waals surface area contributed by atoms with E-state index in [1.165, 1.54) is 25.7 Å². The van der Waals surface area contributed by atoms with E-state index in [1.807, 2.05) is 0 Å². The minimum atomic E-state index is 0.316. The van der Waals surface area contributed by atoms with Crippen molar-refractivity contribution in [3.05, 3.63) is 0 Å². The third-order valence-corrected chi connectivity index (χ3v) is 3.45. The molecule has 0 aromatic heterocycles. The van der Waals surface area contributed by atoms with Crippen LogP contribution in [0.1, 0.15) is 45.4 Å². The SMILES string of the molecule is CCC(CCO)CNCCCC1CCCO1. The van der Waals surface area contributed by atoms with Crippen molar-refractivity contribution < 1.29 is 9.84 Å². The van der Waals surface area contributed by atoms with Crippen LogP contribution in [-0.2, 0) is 4.74 Å². The molecule has 0 aliphatic carbocycles. The van der Waals surface area contributed by atoms with E-state index in [9.17, 15) is 0 Å². The molecule has 1 saturated heterocycles. The summed E-state index contributed by atoms with van der Waals surface area (Å²) in [5.41, 5.74) is 0. The lowest BCUT2D eigenvalue weighted by Gasteiger charge is -2.15. The average Bonchev–Trinajstić information content (AvgIpc) is 2.80. The summed E-state index contributed by atoms with van der Waals surface area (Å²) < 4.78 is 5.58. The number of ether oxygens (including phenoxy) is 1. The Hall–Kier alpha value is -0.120. The van der Waals surface area contributed by atoms with Gasteiger partial charge in [0.25, 0.3) is 0 Å². The van der Waals surface area contributed by atoms with Gasteiger partial charge >= 0.3 is 0 Å². The lowest BCUT2D eigenvalue weighted by Crippen LogP contribution is -2.25. The molecule has 2 unspecified atom stereocenters. The van der Waals surface area contributed by atoms with Gasteiger partial charge in [0.15, 0.2) is 0 Å². The molecular formula is C13H27NO2. The van der Waals surface area contributed by atoms with E-state index in [4.69, 9.17) is 9.84 Å². The summed E-state index contributed by atoms with van der Waals surface area (Å²) >= 11 is 0. The van der Waals surface area contributed by atoms with Gasteiger partial charge in [0, 0.05) is 13.2 Å². The van der Waals surface area contributed by atoms with Crippen molar-refractivity contribution in [1.29, 1.82) is 0 Å². The molecule has 96 valence electrons. The highest BCUT2D eigenvalue weighted by Gasteiger charge is 2.14. The van der Waals surface area contributed by atoms with Gasteiger partial charge in [0.05, 0.1) is 6.10 Å². The van der Waals surface area contributed by atoms with Gasteiger partial charge in [-0.1, -0.05) is 13.3 Å². The number of hydrogen-bond acceptors (Lipinski definition) is 3. The summed E-state index contributed by atoms with van der Waals surface area (Å²) in [6.07, 6.45) is 7.51. The standard InChI is InChI=1S/C13H27NO2/c1-2-12(7-9-15)11-14-8-3-5-13-6-4-10-16-13/h12-15H,2-11H2,1H3. The molecule has 1 aliphatic rings. The maximum Gasteiger partial charge on any atom is 0.0576 e. The van der Waals surface area contributed by atoms with Crippen molar-refractivity contribution in [1.82, 2.24) is 5.32 Å². The second-order valence-electron chi connectivity index (χ2n) is 4.77. The summed E-state index contributed by atoms with van der Waals surface area (Å²) in [5.74, 6) is 0.632. The van der Waals surface area contributed by atoms with Crippen LogP contribution in [0.5, 0.6) is 0 Å². The maximum absolute atomic E-state index is 8.87. The minimum Gasteiger partial charge on any atom is -0.396 e. The lowest BCUT2D eigenvalue weighted by atomic mass is 10.0. The van der Waals surface area contributed by atoms with Gasteiger partial charge in [-0.25, -0.2) is 0 Å². The van der Waals surface area contributed by atoms with Crippen LogP contribution < -0.4 is 5.32 Å². The molecular weight excluding hydrogens is 202 g/mol. The van der Waals surface area contributed by atoms with E-state index >= 15 is 0 Å². The number of rotatable bonds is 9. The molecule has 0 aromatic carbocycles. The first-order valence-corrected chi connectivity index (χ1v) is 6.80. The molecule has 1 heterocycles. The van der Waals surface area contributed by atoms with E-state index in [0.717, 1.165) is 32.5 Å². The fourth-order valence-electron chi connectivity index (χ4n) is 2.27. The van der Waals surface area contributed by atoms with Crippen LogP contribution in [-0.4, -0.2) is 37.5 Å². The van der Waals surface area contributed by atoms with E-state index in [1.54, 1.807) is 0 Å². The quantitative estimate of drug-likeness (QED) is 0.594. The van der Waals surface area contributed by atoms with Gasteiger partial charge in [0.2, 0.25) is 0 Å². The van der Waals surface area contributed by atoms with Crippen molar-refractivity contribution in [3.8, 4) is 0 Å². The van der Waals surface area contributed by atoms with Crippen LogP contribution in [0.15, 0.2) is 0 Å². The van der Waals surface area contributed by atoms with E-state index in [-0.39, 0.29) is 0 Å². The normalized spacial score (nSPS) is 22.5. The third kappa shape index (κ3) is 5.83. The predicted molar refractivity (Wildman–Crippen MR) is 66.6 cm³/mol. The van der Waals surface area contributed by atoms with Gasteiger partial charge in [-0.15, -0.1) is 0 Å². The Morgan fingerprint density at radius 1 is 1.50 bits per heavy atom. The van der Waals surface area contributed by atoms with Crippen LogP contribution in [0.2, 0.25) is 0 Å². The van der Waals surface area contributed by atoms with Gasteiger partial charge < -0.3 is 15.2 Å². The summed E-state index contributed by atoms with van der Waals surface area (Å²) in [5, 5.41) is 12.3. The zero-order chi connectivity index (χ0) is 11.6. The molecule has 0 saturated carbocycles. The summed E-state index contributed by atoms with van der Waals surface area (Å²) in [4.78, 5) is 0. The predicted octanol–water partition coefficient (Wildman–Crippen LogP) is 1.94. The van der Waals surface area contributed by atoms with Crippen molar-refractivity contribution in [3.63, 3.8) is 0 Å². The molecule has 2 N–H and O–H groups in total. The fraction of sp³-hybridized carbons (Fsp3) is 1.00. The molecule has 1 fully saturated rings. The third-order valence-electron chi connectivity index (χ3n) is 3.45. The fourth-order valence-corrected chi connectivity index (χ4v) is 2.27. The molecule has 1 rings (SSSR count). The highest BCUT2D eigenvalue weighted by atomic mass is 16.5. The van der Waals surface area contributed by atoms with Crippen LogP contribution in [0.25, 0.3) is 0 Å². The molecule has 0 spiro atoms. The molecule has 2 atom stereocenters. The Labute approximate surface area is 99.6 Å². The Balaban J connectivity index is 1.89. The highest BCUT2D eigenvalue weighted by Crippen LogP contribution is 2.16. The Morgan fingerprint density at radius 3 is 3.00 bits per heavy atom. The summed E-state index contributed by atoms with van der Waals surface area (Å²) in [6, 6.07) is 0. The molecule has 0 aromatic rings. The van der Waals surface area contributed by atoms with E-state index in [2.05, 4.69) is 12.2 Å². The molecule has 0 bridgehead atoms. The Morgan fingerprint density at radius 2 is 2.38 bits per heavy atom. The summed E-state index contributed by atoms with van der Waals surface area (Å²) in [7, 11) is 0. The second kappa shape index (κ2) is 8.97. The van der Waals surface area contributed by atoms with Crippen molar-refractivity contribution in [2.45, 2.75) is 51.6 Å². The smallest absolute Gasteiger partial charge is 0.0576 e. The Kier molecular flexibility index (Phi) is 7.81. The van der Waals surface area contributed by atoms with Crippen molar-refractivity contribution in [2.75, 3.05) is 26.3 Å². The number of aliphatic hydroxyl groups excluding tert-OH is 1.